The predicted molar refractivity (Wildman–Crippen MR) is 90.6 cm³/mol. The van der Waals surface area contributed by atoms with Gasteiger partial charge in [-0.2, -0.15) is 5.10 Å². The Morgan fingerprint density at radius 1 is 1.09 bits per heavy atom. The van der Waals surface area contributed by atoms with Crippen LogP contribution in [0.1, 0.15) is 5.56 Å². The van der Waals surface area contributed by atoms with Gasteiger partial charge in [-0.1, -0.05) is 35.4 Å². The Morgan fingerprint density at radius 2 is 1.83 bits per heavy atom. The Bertz CT molecular complexity index is 920. The average molecular weight is 348 g/mol. The molecule has 0 unspecified atom stereocenters. The monoisotopic (exact) mass is 347 g/mol. The second kappa shape index (κ2) is 6.06. The number of rotatable bonds is 4. The summed E-state index contributed by atoms with van der Waals surface area (Å²) in [5.74, 6) is 0. The van der Waals surface area contributed by atoms with E-state index in [0.29, 0.717) is 16.4 Å². The summed E-state index contributed by atoms with van der Waals surface area (Å²) < 4.78 is 29.2. The van der Waals surface area contributed by atoms with Gasteiger partial charge in [-0.3, -0.25) is 4.72 Å². The molecule has 0 bridgehead atoms. The molecule has 0 radical (unpaired) electrons. The van der Waals surface area contributed by atoms with E-state index < -0.39 is 10.0 Å². The molecule has 3 rings (SSSR count). The third kappa shape index (κ3) is 3.23. The highest BCUT2D eigenvalue weighted by Gasteiger charge is 2.18. The molecule has 0 spiro atoms. The number of aromatic nitrogens is 2. The number of aryl methyl sites for hydroxylation is 1. The van der Waals surface area contributed by atoms with Crippen molar-refractivity contribution in [1.82, 2.24) is 9.78 Å². The van der Waals surface area contributed by atoms with Crippen molar-refractivity contribution in [3.05, 3.63) is 71.5 Å². The van der Waals surface area contributed by atoms with E-state index in [1.165, 1.54) is 4.68 Å². The van der Waals surface area contributed by atoms with Crippen LogP contribution in [-0.2, 0) is 10.0 Å². The molecular formula is C16H14ClN3O2S. The Balaban J connectivity index is 2.04. The molecule has 0 fully saturated rings. The van der Waals surface area contributed by atoms with Crippen LogP contribution in [0.15, 0.2) is 65.8 Å². The fraction of sp³-hybridized carbons (Fsp3) is 0.0625. The zero-order chi connectivity index (χ0) is 16.4. The van der Waals surface area contributed by atoms with Gasteiger partial charge in [-0.05, 0) is 37.3 Å². The summed E-state index contributed by atoms with van der Waals surface area (Å²) in [5, 5.41) is 4.52. The van der Waals surface area contributed by atoms with Gasteiger partial charge in [0.25, 0.3) is 10.0 Å². The summed E-state index contributed by atoms with van der Waals surface area (Å²) >= 11 is 6.22. The molecule has 5 nitrogen and oxygen atoms in total. The van der Waals surface area contributed by atoms with E-state index in [1.807, 2.05) is 6.92 Å². The van der Waals surface area contributed by atoms with E-state index >= 15 is 0 Å². The third-order valence-electron chi connectivity index (χ3n) is 3.30. The first-order chi connectivity index (χ1) is 11.0. The van der Waals surface area contributed by atoms with E-state index in [4.69, 9.17) is 11.6 Å². The van der Waals surface area contributed by atoms with Gasteiger partial charge in [-0.15, -0.1) is 0 Å². The number of nitrogens with one attached hydrogen (secondary N) is 1. The summed E-state index contributed by atoms with van der Waals surface area (Å²) in [4.78, 5) is 0.189. The molecule has 118 valence electrons. The van der Waals surface area contributed by atoms with Crippen LogP contribution in [0.2, 0.25) is 5.02 Å². The van der Waals surface area contributed by atoms with E-state index in [-0.39, 0.29) is 4.90 Å². The summed E-state index contributed by atoms with van der Waals surface area (Å²) in [6.07, 6.45) is 3.30. The second-order valence-corrected chi connectivity index (χ2v) is 7.09. The van der Waals surface area contributed by atoms with Gasteiger partial charge in [0.2, 0.25) is 0 Å². The first kappa shape index (κ1) is 15.6. The number of benzene rings is 2. The molecule has 23 heavy (non-hydrogen) atoms. The van der Waals surface area contributed by atoms with Crippen molar-refractivity contribution in [1.29, 1.82) is 0 Å². The molecule has 0 aliphatic carbocycles. The van der Waals surface area contributed by atoms with E-state index in [9.17, 15) is 8.42 Å². The number of hydrogen-bond acceptors (Lipinski definition) is 3. The number of hydrogen-bond donors (Lipinski definition) is 1. The van der Waals surface area contributed by atoms with Crippen molar-refractivity contribution in [2.75, 3.05) is 4.72 Å². The number of halogens is 1. The van der Waals surface area contributed by atoms with Crippen LogP contribution in [0.3, 0.4) is 0 Å². The minimum Gasteiger partial charge on any atom is -0.277 e. The average Bonchev–Trinajstić information content (AvgIpc) is 3.01. The lowest BCUT2D eigenvalue weighted by Crippen LogP contribution is -2.15. The molecule has 0 saturated heterocycles. The molecular weight excluding hydrogens is 334 g/mol. The van der Waals surface area contributed by atoms with Crippen LogP contribution < -0.4 is 4.72 Å². The van der Waals surface area contributed by atoms with Gasteiger partial charge < -0.3 is 0 Å². The smallest absolute Gasteiger partial charge is 0.261 e. The molecule has 2 aromatic carbocycles. The number of para-hydroxylation sites is 1. The van der Waals surface area contributed by atoms with Crippen LogP contribution in [0, 0.1) is 6.92 Å². The quantitative estimate of drug-likeness (QED) is 0.783. The lowest BCUT2D eigenvalue weighted by molar-refractivity contribution is 0.601. The van der Waals surface area contributed by atoms with Crippen LogP contribution in [0.4, 0.5) is 5.69 Å². The largest absolute Gasteiger partial charge is 0.277 e. The number of anilines is 1. The Labute approximate surface area is 139 Å². The normalized spacial score (nSPS) is 11.4. The third-order valence-corrected chi connectivity index (χ3v) is 4.98. The van der Waals surface area contributed by atoms with Gasteiger partial charge in [0, 0.05) is 12.4 Å². The molecule has 0 aliphatic heterocycles. The van der Waals surface area contributed by atoms with Gasteiger partial charge >= 0.3 is 0 Å². The lowest BCUT2D eigenvalue weighted by Gasteiger charge is -2.14. The van der Waals surface area contributed by atoms with Crippen LogP contribution in [0.25, 0.3) is 5.69 Å². The fourth-order valence-corrected chi connectivity index (χ4v) is 3.48. The van der Waals surface area contributed by atoms with Crippen molar-refractivity contribution in [2.45, 2.75) is 11.8 Å². The maximum absolute atomic E-state index is 12.6. The van der Waals surface area contributed by atoms with Crippen molar-refractivity contribution in [3.63, 3.8) is 0 Å². The molecule has 7 heteroatoms. The first-order valence-corrected chi connectivity index (χ1v) is 8.71. The highest BCUT2D eigenvalue weighted by molar-refractivity contribution is 7.92. The Hall–Kier alpha value is -2.31. The maximum Gasteiger partial charge on any atom is 0.261 e. The maximum atomic E-state index is 12.6. The van der Waals surface area contributed by atoms with Crippen molar-refractivity contribution >= 4 is 27.3 Å². The second-order valence-electron chi connectivity index (χ2n) is 5.01. The summed E-state index contributed by atoms with van der Waals surface area (Å²) in [6.45, 7) is 1.90. The van der Waals surface area contributed by atoms with Crippen LogP contribution in [-0.4, -0.2) is 18.2 Å². The van der Waals surface area contributed by atoms with Gasteiger partial charge in [0.1, 0.15) is 5.69 Å². The summed E-state index contributed by atoms with van der Waals surface area (Å²) in [7, 11) is -3.71. The molecule has 0 saturated carbocycles. The number of nitrogens with zero attached hydrogens (tertiary/aromatic N) is 2. The van der Waals surface area contributed by atoms with E-state index in [2.05, 4.69) is 9.82 Å². The van der Waals surface area contributed by atoms with E-state index in [1.54, 1.807) is 60.9 Å². The first-order valence-electron chi connectivity index (χ1n) is 6.85. The zero-order valence-corrected chi connectivity index (χ0v) is 13.8. The van der Waals surface area contributed by atoms with Crippen molar-refractivity contribution in [2.24, 2.45) is 0 Å². The van der Waals surface area contributed by atoms with Crippen molar-refractivity contribution in [3.8, 4) is 5.69 Å². The molecule has 0 aliphatic rings. The fourth-order valence-electron chi connectivity index (χ4n) is 2.15. The van der Waals surface area contributed by atoms with Crippen LogP contribution in [0.5, 0.6) is 0 Å². The molecule has 1 N–H and O–H groups in total. The van der Waals surface area contributed by atoms with Gasteiger partial charge in [0.15, 0.2) is 0 Å². The predicted octanol–water partition coefficient (Wildman–Crippen LogP) is 3.63. The SMILES string of the molecule is Cc1ccc(S(=O)(=O)Nc2cccc(Cl)c2-n2cccn2)cc1. The molecule has 0 atom stereocenters. The Kier molecular flexibility index (Phi) is 4.11. The topological polar surface area (TPSA) is 64.0 Å². The molecule has 1 heterocycles. The molecule has 1 aromatic heterocycles. The minimum absolute atomic E-state index is 0.189. The lowest BCUT2D eigenvalue weighted by atomic mass is 10.2. The Morgan fingerprint density at radius 3 is 2.48 bits per heavy atom. The summed E-state index contributed by atoms with van der Waals surface area (Å²) in [5.41, 5.74) is 1.83. The highest BCUT2D eigenvalue weighted by atomic mass is 35.5. The number of sulfonamides is 1. The van der Waals surface area contributed by atoms with E-state index in [0.717, 1.165) is 5.56 Å². The van der Waals surface area contributed by atoms with Gasteiger partial charge in [-0.25, -0.2) is 13.1 Å². The van der Waals surface area contributed by atoms with Crippen molar-refractivity contribution < 1.29 is 8.42 Å². The standard InChI is InChI=1S/C16H14ClN3O2S/c1-12-6-8-13(9-7-12)23(21,22)19-15-5-2-4-14(17)16(15)20-11-3-10-18-20/h2-11,19H,1H3. The van der Waals surface area contributed by atoms with Crippen LogP contribution >= 0.6 is 11.6 Å². The van der Waals surface area contributed by atoms with Gasteiger partial charge in [0.05, 0.1) is 15.6 Å². The minimum atomic E-state index is -3.71. The molecule has 3 aromatic rings. The molecule has 0 amide bonds. The summed E-state index contributed by atoms with van der Waals surface area (Å²) in [6, 6.07) is 13.4. The zero-order valence-electron chi connectivity index (χ0n) is 12.3. The highest BCUT2D eigenvalue weighted by Crippen LogP contribution is 2.29.